The van der Waals surface area contributed by atoms with E-state index in [0.29, 0.717) is 31.7 Å². The summed E-state index contributed by atoms with van der Waals surface area (Å²) in [4.78, 5) is 42.3. The minimum Gasteiger partial charge on any atom is -0.336 e. The zero-order valence-corrected chi connectivity index (χ0v) is 14.5. The minimum atomic E-state index is -0.921. The maximum atomic E-state index is 12.8. The summed E-state index contributed by atoms with van der Waals surface area (Å²) in [5, 5.41) is 12.9. The van der Waals surface area contributed by atoms with Crippen LogP contribution in [0.4, 0.5) is 4.79 Å². The first-order valence-corrected chi connectivity index (χ1v) is 8.50. The zero-order valence-electron chi connectivity index (χ0n) is 14.5. The summed E-state index contributed by atoms with van der Waals surface area (Å²) in [6, 6.07) is 1.33. The molecule has 2 fully saturated rings. The van der Waals surface area contributed by atoms with Gasteiger partial charge in [0.05, 0.1) is 0 Å². The van der Waals surface area contributed by atoms with Gasteiger partial charge < -0.3 is 10.2 Å². The second-order valence-electron chi connectivity index (χ2n) is 6.94. The lowest BCUT2D eigenvalue weighted by Crippen LogP contribution is -2.54. The monoisotopic (exact) mass is 357 g/mol. The lowest BCUT2D eigenvalue weighted by molar-refractivity contribution is -0.125. The van der Waals surface area contributed by atoms with Crippen LogP contribution >= 0.6 is 0 Å². The Morgan fingerprint density at radius 1 is 1.27 bits per heavy atom. The van der Waals surface area contributed by atoms with Crippen molar-refractivity contribution in [2.75, 3.05) is 13.1 Å². The van der Waals surface area contributed by atoms with Gasteiger partial charge in [0.25, 0.3) is 17.6 Å². The van der Waals surface area contributed by atoms with Crippen molar-refractivity contribution < 1.29 is 14.4 Å². The first-order chi connectivity index (χ1) is 12.4. The molecular formula is C16H19N7O3. The van der Waals surface area contributed by atoms with E-state index in [2.05, 4.69) is 25.8 Å². The van der Waals surface area contributed by atoms with Crippen molar-refractivity contribution in [3.63, 3.8) is 0 Å². The van der Waals surface area contributed by atoms with E-state index in [1.807, 2.05) is 6.92 Å². The van der Waals surface area contributed by atoms with Crippen LogP contribution in [0.5, 0.6) is 0 Å². The van der Waals surface area contributed by atoms with Crippen LogP contribution in [0.25, 0.3) is 5.78 Å². The normalized spacial score (nSPS) is 24.0. The lowest BCUT2D eigenvalue weighted by Gasteiger charge is -2.38. The van der Waals surface area contributed by atoms with Crippen LogP contribution in [-0.2, 0) is 4.79 Å². The number of hydrogen-bond acceptors (Lipinski definition) is 6. The van der Waals surface area contributed by atoms with E-state index in [9.17, 15) is 14.4 Å². The Bertz CT molecular complexity index is 916. The van der Waals surface area contributed by atoms with Gasteiger partial charge in [0.1, 0.15) is 5.54 Å². The van der Waals surface area contributed by atoms with Gasteiger partial charge in [-0.2, -0.15) is 0 Å². The van der Waals surface area contributed by atoms with Gasteiger partial charge in [-0.15, -0.1) is 10.2 Å². The average Bonchev–Trinajstić information content (AvgIpc) is 3.14. The molecule has 4 rings (SSSR count). The molecule has 2 saturated heterocycles. The van der Waals surface area contributed by atoms with Crippen LogP contribution in [0.15, 0.2) is 12.3 Å². The molecule has 10 nitrogen and oxygen atoms in total. The summed E-state index contributed by atoms with van der Waals surface area (Å²) in [6.07, 6.45) is 2.96. The van der Waals surface area contributed by atoms with Crippen LogP contribution in [0.1, 0.15) is 36.1 Å². The summed E-state index contributed by atoms with van der Waals surface area (Å²) in [5.74, 6) is 0.0615. The van der Waals surface area contributed by atoms with Crippen molar-refractivity contribution in [2.45, 2.75) is 32.2 Å². The third kappa shape index (κ3) is 2.49. The Labute approximate surface area is 149 Å². The Morgan fingerprint density at radius 3 is 2.65 bits per heavy atom. The van der Waals surface area contributed by atoms with Gasteiger partial charge in [-0.05, 0) is 38.7 Å². The molecule has 26 heavy (non-hydrogen) atoms. The van der Waals surface area contributed by atoms with Crippen molar-refractivity contribution in [2.24, 2.45) is 5.92 Å². The zero-order chi connectivity index (χ0) is 18.5. The predicted molar refractivity (Wildman–Crippen MR) is 89.2 cm³/mol. The number of amides is 4. The van der Waals surface area contributed by atoms with Crippen LogP contribution in [0.3, 0.4) is 0 Å². The van der Waals surface area contributed by atoms with E-state index in [1.165, 1.54) is 0 Å². The molecular weight excluding hydrogens is 338 g/mol. The first kappa shape index (κ1) is 16.4. The summed E-state index contributed by atoms with van der Waals surface area (Å²) < 4.78 is 1.58. The Morgan fingerprint density at radius 2 is 2.00 bits per heavy atom. The van der Waals surface area contributed by atoms with Gasteiger partial charge in [-0.1, -0.05) is 0 Å². The largest absolute Gasteiger partial charge is 0.336 e. The molecule has 10 heteroatoms. The van der Waals surface area contributed by atoms with E-state index in [4.69, 9.17) is 0 Å². The topological polar surface area (TPSA) is 122 Å². The molecule has 2 aromatic rings. The molecule has 0 aliphatic carbocycles. The number of piperidine rings is 1. The SMILES string of the molecule is Cc1ccn2c(C(=O)N3CCC([C@@]4(C)NC(=O)NC4=O)CC3)nnc2n1. The van der Waals surface area contributed by atoms with Gasteiger partial charge >= 0.3 is 6.03 Å². The van der Waals surface area contributed by atoms with Gasteiger partial charge in [0.2, 0.25) is 5.82 Å². The molecule has 4 heterocycles. The fraction of sp³-hybridized carbons (Fsp3) is 0.500. The molecule has 0 aromatic carbocycles. The van der Waals surface area contributed by atoms with Crippen molar-refractivity contribution in [1.29, 1.82) is 0 Å². The molecule has 0 saturated carbocycles. The molecule has 4 amide bonds. The number of likely N-dealkylation sites (tertiary alicyclic amines) is 1. The van der Waals surface area contributed by atoms with Gasteiger partial charge in [-0.25, -0.2) is 9.78 Å². The number of aromatic nitrogens is 4. The number of carbonyl (C=O) groups excluding carboxylic acids is 3. The minimum absolute atomic E-state index is 0.0301. The number of aryl methyl sites for hydroxylation is 1. The second kappa shape index (κ2) is 5.75. The van der Waals surface area contributed by atoms with E-state index < -0.39 is 11.6 Å². The number of urea groups is 1. The summed E-state index contributed by atoms with van der Waals surface area (Å²) >= 11 is 0. The predicted octanol–water partition coefficient (Wildman–Crippen LogP) is -0.117. The molecule has 2 N–H and O–H groups in total. The number of carbonyl (C=O) groups is 3. The fourth-order valence-electron chi connectivity index (χ4n) is 3.67. The summed E-state index contributed by atoms with van der Waals surface area (Å²) in [6.45, 7) is 4.54. The Kier molecular flexibility index (Phi) is 3.63. The Hall–Kier alpha value is -3.04. The number of hydrogen-bond donors (Lipinski definition) is 2. The number of nitrogens with zero attached hydrogens (tertiary/aromatic N) is 5. The quantitative estimate of drug-likeness (QED) is 0.723. The molecule has 0 unspecified atom stereocenters. The maximum absolute atomic E-state index is 12.8. The molecule has 1 atom stereocenters. The second-order valence-corrected chi connectivity index (χ2v) is 6.94. The molecule has 2 aliphatic heterocycles. The van der Waals surface area contributed by atoms with Crippen LogP contribution in [-0.4, -0.2) is 61.0 Å². The highest BCUT2D eigenvalue weighted by atomic mass is 16.2. The summed E-state index contributed by atoms with van der Waals surface area (Å²) in [5.41, 5.74) is -0.121. The number of imide groups is 1. The van der Waals surface area contributed by atoms with Crippen molar-refractivity contribution in [1.82, 2.24) is 35.1 Å². The molecule has 0 radical (unpaired) electrons. The van der Waals surface area contributed by atoms with Crippen molar-refractivity contribution in [3.8, 4) is 0 Å². The van der Waals surface area contributed by atoms with E-state index in [0.717, 1.165) is 5.69 Å². The number of nitrogens with one attached hydrogen (secondary N) is 2. The van der Waals surface area contributed by atoms with Gasteiger partial charge in [0, 0.05) is 25.0 Å². The van der Waals surface area contributed by atoms with Crippen LogP contribution < -0.4 is 10.6 Å². The number of rotatable bonds is 2. The summed E-state index contributed by atoms with van der Waals surface area (Å²) in [7, 11) is 0. The first-order valence-electron chi connectivity index (χ1n) is 8.50. The van der Waals surface area contributed by atoms with E-state index in [-0.39, 0.29) is 23.6 Å². The molecule has 136 valence electrons. The molecule has 2 aromatic heterocycles. The van der Waals surface area contributed by atoms with Crippen molar-refractivity contribution in [3.05, 3.63) is 23.8 Å². The smallest absolute Gasteiger partial charge is 0.322 e. The fourth-order valence-corrected chi connectivity index (χ4v) is 3.67. The van der Waals surface area contributed by atoms with Gasteiger partial charge in [0.15, 0.2) is 0 Å². The van der Waals surface area contributed by atoms with Crippen LogP contribution in [0, 0.1) is 12.8 Å². The molecule has 2 aliphatic rings. The molecule has 0 spiro atoms. The van der Waals surface area contributed by atoms with E-state index >= 15 is 0 Å². The number of fused-ring (bicyclic) bond motifs is 1. The molecule has 0 bridgehead atoms. The van der Waals surface area contributed by atoms with Crippen LogP contribution in [0.2, 0.25) is 0 Å². The highest BCUT2D eigenvalue weighted by molar-refractivity contribution is 6.07. The van der Waals surface area contributed by atoms with E-state index in [1.54, 1.807) is 28.5 Å². The lowest BCUT2D eigenvalue weighted by atomic mass is 9.79. The highest BCUT2D eigenvalue weighted by Gasteiger charge is 2.48. The third-order valence-electron chi connectivity index (χ3n) is 5.28. The highest BCUT2D eigenvalue weighted by Crippen LogP contribution is 2.31. The average molecular weight is 357 g/mol. The standard InChI is InChI=1S/C16H19N7O3/c1-9-3-8-23-11(20-21-14(23)17-9)12(24)22-6-4-10(5-7-22)16(2)13(25)18-15(26)19-16/h3,8,10H,4-7H2,1-2H3,(H2,18,19,25,26)/t16-/m1/s1. The Balaban J connectivity index is 1.48. The third-order valence-corrected chi connectivity index (χ3v) is 5.28. The van der Waals surface area contributed by atoms with Gasteiger partial charge in [-0.3, -0.25) is 19.3 Å². The maximum Gasteiger partial charge on any atom is 0.322 e. The van der Waals surface area contributed by atoms with Crippen molar-refractivity contribution >= 4 is 23.6 Å².